The summed E-state index contributed by atoms with van der Waals surface area (Å²) in [6.45, 7) is 5.45. The molecule has 2 rings (SSSR count). The molecule has 2 N–H and O–H groups in total. The average molecular weight is 540 g/mol. The third-order valence-corrected chi connectivity index (χ3v) is 5.51. The fourth-order valence-corrected chi connectivity index (χ4v) is 3.68. The van der Waals surface area contributed by atoms with Crippen molar-refractivity contribution in [1.29, 1.82) is 0 Å². The highest BCUT2D eigenvalue weighted by Gasteiger charge is 2.25. The van der Waals surface area contributed by atoms with E-state index in [1.807, 2.05) is 13.8 Å². The lowest BCUT2D eigenvalue weighted by Crippen LogP contribution is -2.49. The summed E-state index contributed by atoms with van der Waals surface area (Å²) in [4.78, 5) is 25.6. The molecule has 0 saturated heterocycles. The number of carbonyl (C=O) groups excluding carboxylic acids is 2. The minimum atomic E-state index is -0.908. The number of ether oxygens (including phenoxy) is 4. The topological polar surface area (TPSA) is 107 Å². The first-order chi connectivity index (χ1) is 17.1. The number of halogens is 2. The molecule has 11 heteroatoms. The van der Waals surface area contributed by atoms with Gasteiger partial charge in [-0.15, -0.1) is 0 Å². The molecule has 0 heterocycles. The van der Waals surface area contributed by atoms with Crippen molar-refractivity contribution >= 4 is 41.2 Å². The molecule has 36 heavy (non-hydrogen) atoms. The van der Waals surface area contributed by atoms with Gasteiger partial charge in [0.15, 0.2) is 17.6 Å². The fraction of sp³-hybridized carbons (Fsp3) is 0.400. The zero-order valence-corrected chi connectivity index (χ0v) is 22.6. The summed E-state index contributed by atoms with van der Waals surface area (Å²) in [5.41, 5.74) is 3.08. The number of methoxy groups -OCH3 is 3. The quantitative estimate of drug-likeness (QED) is 0.304. The molecule has 2 amide bonds. The molecule has 0 aromatic heterocycles. The van der Waals surface area contributed by atoms with Gasteiger partial charge in [0.1, 0.15) is 11.8 Å². The molecule has 0 aliphatic carbocycles. The standard InChI is InChI=1S/C25H31Cl2N3O6/c1-14(2)9-19(29-24(31)15(3)36-20-8-7-17(26)12-18(20)27)25(32)30-28-13-16-10-21(33-4)23(35-6)22(11-16)34-5/h7-8,10-15,19H,9H2,1-6H3,(H,29,31)(H,30,32)/b28-13-/t15-,19+/m0/s1. The van der Waals surface area contributed by atoms with Gasteiger partial charge >= 0.3 is 0 Å². The predicted octanol–water partition coefficient (Wildman–Crippen LogP) is 4.47. The maximum Gasteiger partial charge on any atom is 0.262 e. The highest BCUT2D eigenvalue weighted by molar-refractivity contribution is 6.35. The molecule has 0 radical (unpaired) electrons. The Kier molecular flexibility index (Phi) is 11.1. The molecule has 2 atom stereocenters. The van der Waals surface area contributed by atoms with Crippen LogP contribution in [0.4, 0.5) is 0 Å². The second-order valence-corrected chi connectivity index (χ2v) is 9.06. The summed E-state index contributed by atoms with van der Waals surface area (Å²) < 4.78 is 21.6. The van der Waals surface area contributed by atoms with Crippen LogP contribution in [0.5, 0.6) is 23.0 Å². The molecule has 9 nitrogen and oxygen atoms in total. The Labute approximate surface area is 221 Å². The van der Waals surface area contributed by atoms with Crippen molar-refractivity contribution in [2.24, 2.45) is 11.0 Å². The highest BCUT2D eigenvalue weighted by atomic mass is 35.5. The van der Waals surface area contributed by atoms with E-state index < -0.39 is 24.0 Å². The van der Waals surface area contributed by atoms with Crippen molar-refractivity contribution < 1.29 is 28.5 Å². The van der Waals surface area contributed by atoms with Gasteiger partial charge in [0.05, 0.1) is 32.6 Å². The maximum absolute atomic E-state index is 12.8. The monoisotopic (exact) mass is 539 g/mol. The van der Waals surface area contributed by atoms with Crippen LogP contribution in [0.2, 0.25) is 10.0 Å². The molecular formula is C25H31Cl2N3O6. The Morgan fingerprint density at radius 3 is 2.11 bits per heavy atom. The van der Waals surface area contributed by atoms with E-state index in [1.165, 1.54) is 33.6 Å². The number of hydrogen-bond donors (Lipinski definition) is 2. The van der Waals surface area contributed by atoms with Crippen LogP contribution in [0.25, 0.3) is 0 Å². The summed E-state index contributed by atoms with van der Waals surface area (Å²) in [6, 6.07) is 7.24. The van der Waals surface area contributed by atoms with Gasteiger partial charge in [-0.25, -0.2) is 5.43 Å². The number of hydrogen-bond acceptors (Lipinski definition) is 7. The molecule has 196 valence electrons. The van der Waals surface area contributed by atoms with Crippen LogP contribution in [0.3, 0.4) is 0 Å². The predicted molar refractivity (Wildman–Crippen MR) is 140 cm³/mol. The molecule has 0 unspecified atom stereocenters. The SMILES string of the molecule is COc1cc(/C=N\NC(=O)[C@@H](CC(C)C)NC(=O)[C@H](C)Oc2ccc(Cl)cc2Cl)cc(OC)c1OC. The molecule has 2 aromatic rings. The largest absolute Gasteiger partial charge is 0.493 e. The van der Waals surface area contributed by atoms with Gasteiger partial charge in [-0.3, -0.25) is 9.59 Å². The Bertz CT molecular complexity index is 1070. The number of hydrazone groups is 1. The first-order valence-corrected chi connectivity index (χ1v) is 11.9. The second kappa shape index (κ2) is 13.8. The Morgan fingerprint density at radius 2 is 1.58 bits per heavy atom. The summed E-state index contributed by atoms with van der Waals surface area (Å²) in [5.74, 6) is 0.823. The van der Waals surface area contributed by atoms with E-state index in [4.69, 9.17) is 42.1 Å². The lowest BCUT2D eigenvalue weighted by atomic mass is 10.0. The molecule has 0 bridgehead atoms. The number of nitrogens with zero attached hydrogens (tertiary/aromatic N) is 1. The highest BCUT2D eigenvalue weighted by Crippen LogP contribution is 2.37. The number of benzene rings is 2. The van der Waals surface area contributed by atoms with Crippen molar-refractivity contribution in [3.8, 4) is 23.0 Å². The first-order valence-electron chi connectivity index (χ1n) is 11.1. The van der Waals surface area contributed by atoms with Crippen LogP contribution in [0.15, 0.2) is 35.4 Å². The van der Waals surface area contributed by atoms with Crippen molar-refractivity contribution in [3.05, 3.63) is 45.9 Å². The van der Waals surface area contributed by atoms with Crippen molar-refractivity contribution in [2.75, 3.05) is 21.3 Å². The number of rotatable bonds is 12. The average Bonchev–Trinajstić information content (AvgIpc) is 2.84. The van der Waals surface area contributed by atoms with Crippen LogP contribution >= 0.6 is 23.2 Å². The van der Waals surface area contributed by atoms with Gasteiger partial charge in [-0.05, 0) is 49.6 Å². The summed E-state index contributed by atoms with van der Waals surface area (Å²) in [7, 11) is 4.52. The Balaban J connectivity index is 2.08. The van der Waals surface area contributed by atoms with Crippen LogP contribution in [-0.4, -0.2) is 51.5 Å². The van der Waals surface area contributed by atoms with Crippen LogP contribution < -0.4 is 29.7 Å². The van der Waals surface area contributed by atoms with Gasteiger partial charge < -0.3 is 24.3 Å². The third-order valence-electron chi connectivity index (χ3n) is 4.98. The Morgan fingerprint density at radius 1 is 0.944 bits per heavy atom. The van der Waals surface area contributed by atoms with Crippen molar-refractivity contribution in [3.63, 3.8) is 0 Å². The molecule has 0 saturated carbocycles. The van der Waals surface area contributed by atoms with E-state index in [9.17, 15) is 9.59 Å². The molecule has 0 spiro atoms. The second-order valence-electron chi connectivity index (χ2n) is 8.22. The maximum atomic E-state index is 12.8. The van der Waals surface area contributed by atoms with Crippen molar-refractivity contribution in [2.45, 2.75) is 39.3 Å². The van der Waals surface area contributed by atoms with Crippen LogP contribution in [0, 0.1) is 5.92 Å². The normalized spacial score (nSPS) is 12.7. The van der Waals surface area contributed by atoms with Crippen LogP contribution in [0.1, 0.15) is 32.8 Å². The zero-order chi connectivity index (χ0) is 26.8. The number of amides is 2. The number of carbonyl (C=O) groups is 2. The lowest BCUT2D eigenvalue weighted by Gasteiger charge is -2.22. The minimum absolute atomic E-state index is 0.127. The molecular weight excluding hydrogens is 509 g/mol. The van der Waals surface area contributed by atoms with Crippen molar-refractivity contribution in [1.82, 2.24) is 10.7 Å². The van der Waals surface area contributed by atoms with E-state index in [0.29, 0.717) is 40.0 Å². The molecule has 2 aromatic carbocycles. The fourth-order valence-electron chi connectivity index (χ4n) is 3.23. The summed E-state index contributed by atoms with van der Waals surface area (Å²) >= 11 is 12.0. The van der Waals surface area contributed by atoms with E-state index in [0.717, 1.165) is 0 Å². The van der Waals surface area contributed by atoms with E-state index in [2.05, 4.69) is 15.8 Å². The van der Waals surface area contributed by atoms with Crippen LogP contribution in [-0.2, 0) is 9.59 Å². The smallest absolute Gasteiger partial charge is 0.262 e. The number of nitrogens with one attached hydrogen (secondary N) is 2. The van der Waals surface area contributed by atoms with E-state index in [-0.39, 0.29) is 10.9 Å². The summed E-state index contributed by atoms with van der Waals surface area (Å²) in [6.07, 6.45) is 0.922. The van der Waals surface area contributed by atoms with Gasteiger partial charge in [0.25, 0.3) is 11.8 Å². The molecule has 0 aliphatic heterocycles. The summed E-state index contributed by atoms with van der Waals surface area (Å²) in [5, 5.41) is 7.48. The van der Waals surface area contributed by atoms with Gasteiger partial charge in [0.2, 0.25) is 5.75 Å². The zero-order valence-electron chi connectivity index (χ0n) is 21.1. The lowest BCUT2D eigenvalue weighted by molar-refractivity contribution is -0.132. The van der Waals surface area contributed by atoms with Gasteiger partial charge in [-0.1, -0.05) is 37.0 Å². The van der Waals surface area contributed by atoms with Gasteiger partial charge in [0, 0.05) is 10.6 Å². The molecule has 0 fully saturated rings. The first kappa shape index (κ1) is 29.1. The third kappa shape index (κ3) is 8.20. The molecule has 0 aliphatic rings. The van der Waals surface area contributed by atoms with E-state index >= 15 is 0 Å². The van der Waals surface area contributed by atoms with Gasteiger partial charge in [-0.2, -0.15) is 5.10 Å². The minimum Gasteiger partial charge on any atom is -0.493 e. The Hall–Kier alpha value is -3.17. The van der Waals surface area contributed by atoms with E-state index in [1.54, 1.807) is 31.2 Å².